The molecule has 0 aromatic heterocycles. The van der Waals surface area contributed by atoms with Crippen LogP contribution in [0, 0.1) is 0 Å². The topological polar surface area (TPSA) is 21.3 Å². The standard InChI is InChI=1S/C11H14BrNO/c12-10-3-1-2-9(8-10)11-4-5-13-6-7-14-11/h1-3,8,11,13H,4-7H2. The van der Waals surface area contributed by atoms with Crippen molar-refractivity contribution in [2.75, 3.05) is 19.7 Å². The van der Waals surface area contributed by atoms with Gasteiger partial charge in [-0.05, 0) is 30.7 Å². The summed E-state index contributed by atoms with van der Waals surface area (Å²) in [6.07, 6.45) is 1.30. The summed E-state index contributed by atoms with van der Waals surface area (Å²) in [5, 5.41) is 3.32. The zero-order valence-corrected chi connectivity index (χ0v) is 9.59. The summed E-state index contributed by atoms with van der Waals surface area (Å²) in [6.45, 7) is 2.80. The van der Waals surface area contributed by atoms with E-state index in [1.807, 2.05) is 6.07 Å². The van der Waals surface area contributed by atoms with E-state index in [2.05, 4.69) is 39.4 Å². The summed E-state index contributed by atoms with van der Waals surface area (Å²) in [4.78, 5) is 0. The van der Waals surface area contributed by atoms with Crippen molar-refractivity contribution in [3.8, 4) is 0 Å². The molecule has 0 saturated carbocycles. The molecular weight excluding hydrogens is 242 g/mol. The molecule has 1 aromatic carbocycles. The number of ether oxygens (including phenoxy) is 1. The fourth-order valence-corrected chi connectivity index (χ4v) is 2.10. The van der Waals surface area contributed by atoms with Crippen LogP contribution in [0.4, 0.5) is 0 Å². The predicted molar refractivity (Wildman–Crippen MR) is 60.3 cm³/mol. The van der Waals surface area contributed by atoms with Crippen LogP contribution in [0.5, 0.6) is 0 Å². The summed E-state index contributed by atoms with van der Waals surface area (Å²) >= 11 is 3.48. The lowest BCUT2D eigenvalue weighted by molar-refractivity contribution is 0.0644. The van der Waals surface area contributed by atoms with Crippen LogP contribution in [0.2, 0.25) is 0 Å². The van der Waals surface area contributed by atoms with E-state index in [0.29, 0.717) is 0 Å². The summed E-state index contributed by atoms with van der Waals surface area (Å²) in [5.74, 6) is 0. The van der Waals surface area contributed by atoms with Gasteiger partial charge in [-0.3, -0.25) is 0 Å². The summed E-state index contributed by atoms with van der Waals surface area (Å²) < 4.78 is 6.88. The quantitative estimate of drug-likeness (QED) is 0.833. The first-order valence-corrected chi connectivity index (χ1v) is 5.73. The average Bonchev–Trinajstić information content (AvgIpc) is 2.45. The monoisotopic (exact) mass is 255 g/mol. The van der Waals surface area contributed by atoms with Crippen molar-refractivity contribution in [2.45, 2.75) is 12.5 Å². The second kappa shape index (κ2) is 4.91. The van der Waals surface area contributed by atoms with Gasteiger partial charge in [0.15, 0.2) is 0 Å². The van der Waals surface area contributed by atoms with Crippen LogP contribution in [0.15, 0.2) is 28.7 Å². The highest BCUT2D eigenvalue weighted by Gasteiger charge is 2.14. The summed E-state index contributed by atoms with van der Waals surface area (Å²) in [5.41, 5.74) is 1.27. The molecule has 2 nitrogen and oxygen atoms in total. The normalized spacial score (nSPS) is 23.1. The van der Waals surface area contributed by atoms with Crippen LogP contribution in [0.1, 0.15) is 18.1 Å². The van der Waals surface area contributed by atoms with Crippen LogP contribution < -0.4 is 5.32 Å². The smallest absolute Gasteiger partial charge is 0.0838 e. The summed E-state index contributed by atoms with van der Waals surface area (Å²) in [7, 11) is 0. The Morgan fingerprint density at radius 1 is 1.36 bits per heavy atom. The minimum Gasteiger partial charge on any atom is -0.372 e. The van der Waals surface area contributed by atoms with Gasteiger partial charge in [-0.15, -0.1) is 0 Å². The van der Waals surface area contributed by atoms with Gasteiger partial charge in [0.1, 0.15) is 0 Å². The maximum absolute atomic E-state index is 5.76. The predicted octanol–water partition coefficient (Wildman–Crippen LogP) is 2.50. The Hall–Kier alpha value is -0.380. The number of nitrogens with one attached hydrogen (secondary N) is 1. The van der Waals surface area contributed by atoms with E-state index in [-0.39, 0.29) is 6.10 Å². The van der Waals surface area contributed by atoms with Crippen molar-refractivity contribution >= 4 is 15.9 Å². The van der Waals surface area contributed by atoms with E-state index in [1.165, 1.54) is 5.56 Å². The maximum atomic E-state index is 5.76. The molecule has 14 heavy (non-hydrogen) atoms. The van der Waals surface area contributed by atoms with Crippen molar-refractivity contribution in [1.82, 2.24) is 5.32 Å². The first-order valence-electron chi connectivity index (χ1n) is 4.94. The van der Waals surface area contributed by atoms with Crippen LogP contribution in [0.3, 0.4) is 0 Å². The van der Waals surface area contributed by atoms with E-state index >= 15 is 0 Å². The molecule has 0 amide bonds. The molecule has 1 aliphatic heterocycles. The zero-order chi connectivity index (χ0) is 9.80. The molecule has 3 heteroatoms. The molecule has 0 radical (unpaired) electrons. The van der Waals surface area contributed by atoms with Gasteiger partial charge in [0.2, 0.25) is 0 Å². The molecule has 1 saturated heterocycles. The third-order valence-corrected chi connectivity index (χ3v) is 2.89. The molecule has 1 unspecified atom stereocenters. The molecular formula is C11H14BrNO. The molecule has 0 aliphatic carbocycles. The molecule has 0 bridgehead atoms. The summed E-state index contributed by atoms with van der Waals surface area (Å²) in [6, 6.07) is 8.36. The minimum atomic E-state index is 0.252. The third kappa shape index (κ3) is 2.56. The fourth-order valence-electron chi connectivity index (χ4n) is 1.68. The number of rotatable bonds is 1. The van der Waals surface area contributed by atoms with Crippen molar-refractivity contribution < 1.29 is 4.74 Å². The number of hydrogen-bond acceptors (Lipinski definition) is 2. The molecule has 1 fully saturated rings. The van der Waals surface area contributed by atoms with E-state index < -0.39 is 0 Å². The Kier molecular flexibility index (Phi) is 3.56. The molecule has 1 aliphatic rings. The van der Waals surface area contributed by atoms with Crippen LogP contribution in [-0.4, -0.2) is 19.7 Å². The second-order valence-corrected chi connectivity index (χ2v) is 4.37. The highest BCUT2D eigenvalue weighted by atomic mass is 79.9. The van der Waals surface area contributed by atoms with Gasteiger partial charge in [0.25, 0.3) is 0 Å². The van der Waals surface area contributed by atoms with Crippen molar-refractivity contribution in [3.05, 3.63) is 34.3 Å². The highest BCUT2D eigenvalue weighted by Crippen LogP contribution is 2.24. The van der Waals surface area contributed by atoms with Gasteiger partial charge in [-0.25, -0.2) is 0 Å². The lowest BCUT2D eigenvalue weighted by Gasteiger charge is -2.14. The second-order valence-electron chi connectivity index (χ2n) is 3.45. The highest BCUT2D eigenvalue weighted by molar-refractivity contribution is 9.10. The SMILES string of the molecule is Brc1cccc(C2CCNCCO2)c1. The molecule has 0 spiro atoms. The van der Waals surface area contributed by atoms with Gasteiger partial charge < -0.3 is 10.1 Å². The zero-order valence-electron chi connectivity index (χ0n) is 8.00. The Morgan fingerprint density at radius 2 is 2.29 bits per heavy atom. The van der Waals surface area contributed by atoms with Gasteiger partial charge in [0, 0.05) is 11.0 Å². The van der Waals surface area contributed by atoms with Crippen LogP contribution in [0.25, 0.3) is 0 Å². The number of hydrogen-bond donors (Lipinski definition) is 1. The third-order valence-electron chi connectivity index (χ3n) is 2.40. The van der Waals surface area contributed by atoms with Gasteiger partial charge >= 0.3 is 0 Å². The molecule has 2 rings (SSSR count). The van der Waals surface area contributed by atoms with Crippen molar-refractivity contribution in [1.29, 1.82) is 0 Å². The van der Waals surface area contributed by atoms with E-state index in [1.54, 1.807) is 0 Å². The molecule has 1 N–H and O–H groups in total. The first kappa shape index (κ1) is 10.1. The largest absolute Gasteiger partial charge is 0.372 e. The van der Waals surface area contributed by atoms with Gasteiger partial charge in [-0.1, -0.05) is 28.1 Å². The number of halogens is 1. The van der Waals surface area contributed by atoms with Crippen LogP contribution >= 0.6 is 15.9 Å². The Labute approximate surface area is 92.8 Å². The fraction of sp³-hybridized carbons (Fsp3) is 0.455. The Bertz CT molecular complexity index is 295. The van der Waals surface area contributed by atoms with Crippen molar-refractivity contribution in [2.24, 2.45) is 0 Å². The van der Waals surface area contributed by atoms with Crippen LogP contribution in [-0.2, 0) is 4.74 Å². The van der Waals surface area contributed by atoms with Gasteiger partial charge in [0.05, 0.1) is 12.7 Å². The van der Waals surface area contributed by atoms with Gasteiger partial charge in [-0.2, -0.15) is 0 Å². The lowest BCUT2D eigenvalue weighted by Crippen LogP contribution is -2.16. The molecule has 1 aromatic rings. The molecule has 1 atom stereocenters. The van der Waals surface area contributed by atoms with E-state index in [0.717, 1.165) is 30.6 Å². The van der Waals surface area contributed by atoms with E-state index in [9.17, 15) is 0 Å². The Morgan fingerprint density at radius 3 is 3.14 bits per heavy atom. The lowest BCUT2D eigenvalue weighted by atomic mass is 10.1. The number of benzene rings is 1. The average molecular weight is 256 g/mol. The van der Waals surface area contributed by atoms with E-state index in [4.69, 9.17) is 4.74 Å². The molecule has 1 heterocycles. The minimum absolute atomic E-state index is 0.252. The van der Waals surface area contributed by atoms with Crippen molar-refractivity contribution in [3.63, 3.8) is 0 Å². The molecule has 76 valence electrons. The Balaban J connectivity index is 2.12. The maximum Gasteiger partial charge on any atom is 0.0838 e. The first-order chi connectivity index (χ1) is 6.86.